The maximum atomic E-state index is 7.43. The monoisotopic (exact) mass is 129 g/mol. The normalized spacial score (nSPS) is 3.00. The van der Waals surface area contributed by atoms with Gasteiger partial charge in [-0.3, -0.25) is 5.32 Å². The topological polar surface area (TPSA) is 61.7 Å². The number of hydrogen-bond donors (Lipinski definition) is 0. The van der Waals surface area contributed by atoms with Crippen LogP contribution in [0.25, 0.3) is 5.32 Å². The van der Waals surface area contributed by atoms with Gasteiger partial charge in [0.1, 0.15) is 0 Å². The van der Waals surface area contributed by atoms with Crippen LogP contribution in [0, 0.1) is 22.9 Å². The molecule has 0 rings (SSSR count). The first-order valence-corrected chi connectivity index (χ1v) is 0.894. The van der Waals surface area contributed by atoms with E-state index in [2.05, 4.69) is 5.32 Å². The predicted molar refractivity (Wildman–Crippen MR) is 14.6 cm³/mol. The molecule has 0 aliphatic heterocycles. The molecule has 0 amide bonds. The van der Waals surface area contributed by atoms with Crippen molar-refractivity contribution in [2.45, 2.75) is 0 Å². The maximum Gasteiger partial charge on any atom is 1.00 e. The Morgan fingerprint density at radius 3 is 1.50 bits per heavy atom. The molecule has 0 heterocycles. The molecule has 0 unspecified atom stereocenters. The number of nitriles is 2. The summed E-state index contributed by atoms with van der Waals surface area (Å²) in [5, 5.41) is 17.4. The molecule has 0 atom stereocenters. The van der Waals surface area contributed by atoms with Gasteiger partial charge in [-0.05, 0) is 0 Å². The number of hydrogen-bond acceptors (Lipinski definition) is 2. The van der Waals surface area contributed by atoms with E-state index in [1.54, 1.807) is 0 Å². The Morgan fingerprint density at radius 2 is 1.50 bits per heavy atom. The van der Waals surface area contributed by atoms with Crippen LogP contribution < -0.4 is 0 Å². The Hall–Kier alpha value is -0.701. The van der Waals surface area contributed by atoms with E-state index in [-0.39, 0.29) is 17.1 Å². The molecule has 0 spiro atoms. The van der Waals surface area contributed by atoms with Crippen LogP contribution in [0.5, 0.6) is 0 Å². The van der Waals surface area contributed by atoms with Gasteiger partial charge in [0.2, 0.25) is 0 Å². The molecule has 0 aromatic heterocycles. The van der Waals surface area contributed by atoms with Gasteiger partial charge >= 0.3 is 17.1 Å². The second-order valence-corrected chi connectivity index (χ2v) is 0.312. The summed E-state index contributed by atoms with van der Waals surface area (Å²) >= 11 is 0. The fourth-order valence-electron chi connectivity index (χ4n) is 0.0224. The molecule has 0 saturated carbocycles. The van der Waals surface area contributed by atoms with Gasteiger partial charge < -0.3 is 10.5 Å². The molecule has 0 aromatic rings. The van der Waals surface area contributed by atoms with Crippen molar-refractivity contribution in [3.8, 4) is 12.4 Å². The summed E-state index contributed by atoms with van der Waals surface area (Å²) in [4.78, 5) is 0. The molecule has 0 aliphatic rings. The Morgan fingerprint density at radius 1 is 1.17 bits per heavy atom. The molecule has 0 radical (unpaired) electrons. The quantitative estimate of drug-likeness (QED) is 0.349. The van der Waals surface area contributed by atoms with Crippen LogP contribution >= 0.6 is 0 Å². The fraction of sp³-hybridized carbons (Fsp3) is 0. The predicted octanol–water partition coefficient (Wildman–Crippen LogP) is 0.320. The third kappa shape index (κ3) is 10.3. The molecule has 0 aromatic carbocycles. The fourth-order valence-corrected chi connectivity index (χ4v) is 0.0224. The summed E-state index contributed by atoms with van der Waals surface area (Å²) in [7, 11) is 0. The van der Waals surface area contributed by atoms with Gasteiger partial charge in [-0.1, -0.05) is 0 Å². The smallest absolute Gasteiger partial charge is 0.385 e. The van der Waals surface area contributed by atoms with Crippen molar-refractivity contribution in [1.29, 1.82) is 10.5 Å². The summed E-state index contributed by atoms with van der Waals surface area (Å²) in [6.07, 6.45) is 2.56. The van der Waals surface area contributed by atoms with E-state index in [1.165, 1.54) is 12.4 Å². The van der Waals surface area contributed by atoms with Crippen LogP contribution in [0.15, 0.2) is 0 Å². The molecule has 34 valence electrons. The van der Waals surface area contributed by atoms with E-state index in [9.17, 15) is 0 Å². The molecular weight excluding hydrogens is 130 g/mol. The van der Waals surface area contributed by atoms with E-state index >= 15 is 0 Å². The molecular formula is C2CuN3. The molecule has 0 aliphatic carbocycles. The van der Waals surface area contributed by atoms with Crippen LogP contribution in [-0.2, 0) is 17.1 Å². The van der Waals surface area contributed by atoms with Crippen molar-refractivity contribution in [3.63, 3.8) is 0 Å². The standard InChI is InChI=1S/C2N3.Cu/c3-1-5-2-4;/q-1;+1. The summed E-state index contributed by atoms with van der Waals surface area (Å²) < 4.78 is 0. The van der Waals surface area contributed by atoms with Gasteiger partial charge in [0.05, 0.1) is 0 Å². The first-order chi connectivity index (χ1) is 2.41. The Labute approximate surface area is 46.0 Å². The van der Waals surface area contributed by atoms with Gasteiger partial charge in [-0.2, -0.15) is 0 Å². The van der Waals surface area contributed by atoms with Crippen LogP contribution in [0.4, 0.5) is 0 Å². The first kappa shape index (κ1) is 9.00. The van der Waals surface area contributed by atoms with Crippen molar-refractivity contribution in [3.05, 3.63) is 5.32 Å². The summed E-state index contributed by atoms with van der Waals surface area (Å²) in [5.74, 6) is 0. The number of rotatable bonds is 0. The van der Waals surface area contributed by atoms with Crippen molar-refractivity contribution < 1.29 is 17.1 Å². The van der Waals surface area contributed by atoms with Crippen LogP contribution in [0.2, 0.25) is 0 Å². The largest absolute Gasteiger partial charge is 1.00 e. The summed E-state index contributed by atoms with van der Waals surface area (Å²) in [5.41, 5.74) is 0. The summed E-state index contributed by atoms with van der Waals surface area (Å²) in [6, 6.07) is 0. The molecule has 0 fully saturated rings. The molecule has 4 heteroatoms. The minimum Gasteiger partial charge on any atom is -0.385 e. The minimum atomic E-state index is 0. The zero-order valence-electron chi connectivity index (χ0n) is 2.64. The van der Waals surface area contributed by atoms with Crippen LogP contribution in [0.3, 0.4) is 0 Å². The van der Waals surface area contributed by atoms with E-state index in [0.29, 0.717) is 0 Å². The SMILES string of the molecule is N#C[N-]C#N.[Cu+]. The molecule has 0 bridgehead atoms. The summed E-state index contributed by atoms with van der Waals surface area (Å²) in [6.45, 7) is 0. The van der Waals surface area contributed by atoms with Gasteiger partial charge in [-0.25, -0.2) is 0 Å². The first-order valence-electron chi connectivity index (χ1n) is 0.894. The second-order valence-electron chi connectivity index (χ2n) is 0.312. The molecule has 3 nitrogen and oxygen atoms in total. The third-order valence-electron chi connectivity index (χ3n) is 0.100. The average molecular weight is 130 g/mol. The molecule has 6 heavy (non-hydrogen) atoms. The van der Waals surface area contributed by atoms with Crippen molar-refractivity contribution >= 4 is 0 Å². The third-order valence-corrected chi connectivity index (χ3v) is 0.100. The van der Waals surface area contributed by atoms with E-state index in [0.717, 1.165) is 0 Å². The van der Waals surface area contributed by atoms with Gasteiger partial charge in [-0.15, -0.1) is 0 Å². The minimum absolute atomic E-state index is 0. The zero-order chi connectivity index (χ0) is 4.12. The van der Waals surface area contributed by atoms with E-state index in [4.69, 9.17) is 10.5 Å². The van der Waals surface area contributed by atoms with Crippen molar-refractivity contribution in [2.24, 2.45) is 0 Å². The Bertz CT molecular complexity index is 73.9. The van der Waals surface area contributed by atoms with Crippen molar-refractivity contribution in [2.75, 3.05) is 0 Å². The average Bonchev–Trinajstić information content (AvgIpc) is 1.41. The van der Waals surface area contributed by atoms with Gasteiger partial charge in [0, 0.05) is 12.4 Å². The molecule has 0 N–H and O–H groups in total. The van der Waals surface area contributed by atoms with Crippen molar-refractivity contribution in [1.82, 2.24) is 0 Å². The van der Waals surface area contributed by atoms with Crippen LogP contribution in [0.1, 0.15) is 0 Å². The zero-order valence-corrected chi connectivity index (χ0v) is 3.58. The second kappa shape index (κ2) is 8.85. The van der Waals surface area contributed by atoms with Crippen LogP contribution in [-0.4, -0.2) is 0 Å². The number of nitrogens with zero attached hydrogens (tertiary/aromatic N) is 3. The van der Waals surface area contributed by atoms with Gasteiger partial charge in [0.15, 0.2) is 0 Å². The Kier molecular flexibility index (Phi) is 13.3. The van der Waals surface area contributed by atoms with Gasteiger partial charge in [0.25, 0.3) is 0 Å². The van der Waals surface area contributed by atoms with E-state index in [1.807, 2.05) is 0 Å². The van der Waals surface area contributed by atoms with E-state index < -0.39 is 0 Å². The molecule has 0 saturated heterocycles. The maximum absolute atomic E-state index is 7.43. The Balaban J connectivity index is 0.